The molecular formula is C18H25N3OS2. The molecule has 1 saturated heterocycles. The van der Waals surface area contributed by atoms with Crippen molar-refractivity contribution < 1.29 is 4.79 Å². The summed E-state index contributed by atoms with van der Waals surface area (Å²) in [6.45, 7) is 8.84. The maximum atomic E-state index is 12.2. The first-order valence-electron chi connectivity index (χ1n) is 8.62. The van der Waals surface area contributed by atoms with Crippen LogP contribution in [-0.2, 0) is 0 Å². The highest BCUT2D eigenvalue weighted by Gasteiger charge is 2.21. The molecule has 3 heterocycles. The van der Waals surface area contributed by atoms with Gasteiger partial charge in [-0.25, -0.2) is 4.98 Å². The van der Waals surface area contributed by atoms with Crippen LogP contribution in [0.5, 0.6) is 0 Å². The first-order valence-corrected chi connectivity index (χ1v) is 10.3. The van der Waals surface area contributed by atoms with E-state index in [9.17, 15) is 4.79 Å². The molecule has 2 aromatic rings. The Morgan fingerprint density at radius 3 is 2.88 bits per heavy atom. The molecule has 3 rings (SSSR count). The van der Waals surface area contributed by atoms with Gasteiger partial charge >= 0.3 is 0 Å². The van der Waals surface area contributed by atoms with Crippen molar-refractivity contribution in [2.24, 2.45) is 11.8 Å². The maximum absolute atomic E-state index is 12.2. The number of carbonyl (C=O) groups is 1. The van der Waals surface area contributed by atoms with Gasteiger partial charge < -0.3 is 10.2 Å². The largest absolute Gasteiger partial charge is 0.351 e. The van der Waals surface area contributed by atoms with Crippen molar-refractivity contribution in [3.63, 3.8) is 0 Å². The van der Waals surface area contributed by atoms with Crippen LogP contribution in [0, 0.1) is 11.8 Å². The molecule has 1 amide bonds. The number of aromatic nitrogens is 1. The summed E-state index contributed by atoms with van der Waals surface area (Å²) in [5, 5.41) is 5.98. The quantitative estimate of drug-likeness (QED) is 0.790. The predicted molar refractivity (Wildman–Crippen MR) is 102 cm³/mol. The van der Waals surface area contributed by atoms with E-state index in [0.29, 0.717) is 4.88 Å². The van der Waals surface area contributed by atoms with Crippen molar-refractivity contribution in [3.8, 4) is 9.88 Å². The molecule has 0 saturated carbocycles. The molecule has 24 heavy (non-hydrogen) atoms. The van der Waals surface area contributed by atoms with E-state index < -0.39 is 0 Å². The summed E-state index contributed by atoms with van der Waals surface area (Å²) in [4.78, 5) is 20.9. The van der Waals surface area contributed by atoms with Gasteiger partial charge in [0.2, 0.25) is 0 Å². The zero-order valence-electron chi connectivity index (χ0n) is 14.3. The minimum atomic E-state index is -0.00399. The number of nitrogens with zero attached hydrogens (tertiary/aromatic N) is 2. The first kappa shape index (κ1) is 17.6. The van der Waals surface area contributed by atoms with Crippen molar-refractivity contribution in [2.75, 3.05) is 26.2 Å². The molecule has 0 aromatic carbocycles. The van der Waals surface area contributed by atoms with Crippen molar-refractivity contribution >= 4 is 28.6 Å². The van der Waals surface area contributed by atoms with Crippen LogP contribution in [0.4, 0.5) is 0 Å². The lowest BCUT2D eigenvalue weighted by molar-refractivity contribution is 0.0951. The van der Waals surface area contributed by atoms with Crippen LogP contribution in [0.3, 0.4) is 0 Å². The minimum absolute atomic E-state index is 0.00399. The molecule has 1 fully saturated rings. The number of piperidine rings is 1. The van der Waals surface area contributed by atoms with Crippen molar-refractivity contribution in [2.45, 2.75) is 26.7 Å². The second-order valence-corrected chi connectivity index (χ2v) is 8.80. The molecule has 6 heteroatoms. The molecule has 1 aliphatic heterocycles. The molecule has 0 spiro atoms. The number of thiophene rings is 1. The van der Waals surface area contributed by atoms with E-state index in [2.05, 4.69) is 29.0 Å². The van der Waals surface area contributed by atoms with Gasteiger partial charge in [-0.3, -0.25) is 4.79 Å². The number of carbonyl (C=O) groups excluding carboxylic acids is 1. The molecule has 0 radical (unpaired) electrons. The number of nitrogens with one attached hydrogen (secondary N) is 1. The number of hydrogen-bond donors (Lipinski definition) is 1. The molecular weight excluding hydrogens is 338 g/mol. The zero-order valence-corrected chi connectivity index (χ0v) is 16.0. The Kier molecular flexibility index (Phi) is 6.03. The molecule has 2 atom stereocenters. The van der Waals surface area contributed by atoms with Gasteiger partial charge in [-0.1, -0.05) is 19.9 Å². The third-order valence-corrected chi connectivity index (χ3v) is 6.38. The molecule has 2 aromatic heterocycles. The van der Waals surface area contributed by atoms with Crippen LogP contribution in [0.15, 0.2) is 23.7 Å². The third-order valence-electron chi connectivity index (χ3n) is 4.34. The van der Waals surface area contributed by atoms with Crippen LogP contribution in [0.25, 0.3) is 9.88 Å². The lowest BCUT2D eigenvalue weighted by Gasteiger charge is -2.34. The van der Waals surface area contributed by atoms with Crippen LogP contribution < -0.4 is 5.32 Å². The van der Waals surface area contributed by atoms with E-state index in [0.717, 1.165) is 41.2 Å². The fourth-order valence-electron chi connectivity index (χ4n) is 3.46. The second kappa shape index (κ2) is 8.23. The Balaban J connectivity index is 1.41. The van der Waals surface area contributed by atoms with Gasteiger partial charge in [-0.05, 0) is 42.7 Å². The lowest BCUT2D eigenvalue weighted by Crippen LogP contribution is -2.40. The smallest absolute Gasteiger partial charge is 0.263 e. The topological polar surface area (TPSA) is 45.2 Å². The number of amides is 1. The van der Waals surface area contributed by atoms with Crippen molar-refractivity contribution in [1.29, 1.82) is 0 Å². The molecule has 2 unspecified atom stereocenters. The molecule has 4 nitrogen and oxygen atoms in total. The van der Waals surface area contributed by atoms with E-state index in [1.807, 2.05) is 17.5 Å². The summed E-state index contributed by atoms with van der Waals surface area (Å²) < 4.78 is 0. The monoisotopic (exact) mass is 363 g/mol. The molecule has 0 bridgehead atoms. The van der Waals surface area contributed by atoms with Crippen LogP contribution >= 0.6 is 22.7 Å². The van der Waals surface area contributed by atoms with Crippen molar-refractivity contribution in [3.05, 3.63) is 28.6 Å². The van der Waals surface area contributed by atoms with Gasteiger partial charge in [0, 0.05) is 19.6 Å². The number of rotatable bonds is 6. The Morgan fingerprint density at radius 2 is 2.17 bits per heavy atom. The molecule has 1 aliphatic rings. The Labute approximate surface area is 151 Å². The van der Waals surface area contributed by atoms with Gasteiger partial charge in [0.15, 0.2) is 0 Å². The summed E-state index contributed by atoms with van der Waals surface area (Å²) in [6, 6.07) is 4.04. The zero-order chi connectivity index (χ0) is 16.9. The highest BCUT2D eigenvalue weighted by molar-refractivity contribution is 7.21. The SMILES string of the molecule is CC1CC(C)CN(CCCNC(=O)c2cnc(-c3cccs3)s2)C1. The number of hydrogen-bond acceptors (Lipinski definition) is 5. The Hall–Kier alpha value is -1.24. The Morgan fingerprint density at radius 1 is 1.38 bits per heavy atom. The first-order chi connectivity index (χ1) is 11.6. The summed E-state index contributed by atoms with van der Waals surface area (Å²) in [7, 11) is 0. The normalized spacial score (nSPS) is 21.8. The van der Waals surface area contributed by atoms with E-state index >= 15 is 0 Å². The highest BCUT2D eigenvalue weighted by Crippen LogP contribution is 2.28. The fraction of sp³-hybridized carbons (Fsp3) is 0.556. The minimum Gasteiger partial charge on any atom is -0.351 e. The van der Waals surface area contributed by atoms with Gasteiger partial charge in [-0.15, -0.1) is 22.7 Å². The van der Waals surface area contributed by atoms with E-state index in [1.54, 1.807) is 17.5 Å². The highest BCUT2D eigenvalue weighted by atomic mass is 32.1. The Bertz CT molecular complexity index is 643. The van der Waals surface area contributed by atoms with Crippen LogP contribution in [0.1, 0.15) is 36.4 Å². The standard InChI is InChI=1S/C18H25N3OS2/c1-13-9-14(2)12-21(11-13)7-4-6-19-17(22)16-10-20-18(24-16)15-5-3-8-23-15/h3,5,8,10,13-14H,4,6-7,9,11-12H2,1-2H3,(H,19,22). The summed E-state index contributed by atoms with van der Waals surface area (Å²) in [6.07, 6.45) is 4.02. The lowest BCUT2D eigenvalue weighted by atomic mass is 9.92. The second-order valence-electron chi connectivity index (χ2n) is 6.82. The van der Waals surface area contributed by atoms with E-state index in [1.165, 1.54) is 30.8 Å². The summed E-state index contributed by atoms with van der Waals surface area (Å²) in [5.74, 6) is 1.57. The van der Waals surface area contributed by atoms with Crippen LogP contribution in [-0.4, -0.2) is 42.0 Å². The third kappa shape index (κ3) is 4.65. The van der Waals surface area contributed by atoms with Crippen molar-refractivity contribution in [1.82, 2.24) is 15.2 Å². The molecule has 1 N–H and O–H groups in total. The number of likely N-dealkylation sites (tertiary alicyclic amines) is 1. The number of thiazole rings is 1. The molecule has 0 aliphatic carbocycles. The van der Waals surface area contributed by atoms with Gasteiger partial charge in [0.1, 0.15) is 9.88 Å². The van der Waals surface area contributed by atoms with Crippen LogP contribution in [0.2, 0.25) is 0 Å². The average Bonchev–Trinajstić information content (AvgIpc) is 3.20. The molecule has 130 valence electrons. The summed E-state index contributed by atoms with van der Waals surface area (Å²) >= 11 is 3.11. The predicted octanol–water partition coefficient (Wildman–Crippen LogP) is 3.97. The fourth-order valence-corrected chi connectivity index (χ4v) is 5.10. The van der Waals surface area contributed by atoms with E-state index in [4.69, 9.17) is 0 Å². The van der Waals surface area contributed by atoms with Gasteiger partial charge in [0.05, 0.1) is 11.1 Å². The average molecular weight is 364 g/mol. The van der Waals surface area contributed by atoms with E-state index in [-0.39, 0.29) is 5.91 Å². The summed E-state index contributed by atoms with van der Waals surface area (Å²) in [5.41, 5.74) is 0. The maximum Gasteiger partial charge on any atom is 0.263 e. The van der Waals surface area contributed by atoms with Gasteiger partial charge in [0.25, 0.3) is 5.91 Å². The van der Waals surface area contributed by atoms with Gasteiger partial charge in [-0.2, -0.15) is 0 Å².